The second kappa shape index (κ2) is 7.00. The van der Waals surface area contributed by atoms with Gasteiger partial charge in [0.05, 0.1) is 13.0 Å². The molecule has 2 amide bonds. The number of piperidine rings is 1. The Bertz CT molecular complexity index is 679. The minimum atomic E-state index is -0.819. The number of β-amino-alcohol motifs (C(OH)–C–C–N with tert-alkyl or cyclic N) is 1. The number of carbonyl (C=O) groups is 2. The molecular weight excluding hydrogens is 327 g/mol. The third-order valence-electron chi connectivity index (χ3n) is 5.23. The van der Waals surface area contributed by atoms with E-state index < -0.39 is 17.1 Å². The summed E-state index contributed by atoms with van der Waals surface area (Å²) in [4.78, 5) is 29.0. The fourth-order valence-electron chi connectivity index (χ4n) is 4.05. The van der Waals surface area contributed by atoms with Gasteiger partial charge in [-0.3, -0.25) is 9.59 Å². The maximum absolute atomic E-state index is 13.5. The van der Waals surface area contributed by atoms with Crippen molar-refractivity contribution in [3.8, 4) is 5.75 Å². The smallest absolute Gasteiger partial charge is 0.248 e. The van der Waals surface area contributed by atoms with Crippen molar-refractivity contribution in [2.45, 2.75) is 37.6 Å². The summed E-state index contributed by atoms with van der Waals surface area (Å²) in [6.07, 6.45) is 2.80. The monoisotopic (exact) mass is 350 g/mol. The molecule has 25 heavy (non-hydrogen) atoms. The molecule has 2 N–H and O–H groups in total. The van der Waals surface area contributed by atoms with Crippen LogP contribution in [0.3, 0.4) is 0 Å². The summed E-state index contributed by atoms with van der Waals surface area (Å²) < 4.78 is 13.5. The van der Waals surface area contributed by atoms with E-state index in [-0.39, 0.29) is 31.4 Å². The lowest BCUT2D eigenvalue weighted by Gasteiger charge is -2.44. The van der Waals surface area contributed by atoms with Crippen LogP contribution in [0.15, 0.2) is 18.2 Å². The molecule has 0 bridgehead atoms. The quantitative estimate of drug-likeness (QED) is 0.851. The van der Waals surface area contributed by atoms with Gasteiger partial charge < -0.3 is 20.0 Å². The van der Waals surface area contributed by atoms with Gasteiger partial charge in [0.15, 0.2) is 11.6 Å². The van der Waals surface area contributed by atoms with Crippen molar-refractivity contribution in [3.63, 3.8) is 0 Å². The first-order valence-electron chi connectivity index (χ1n) is 8.66. The molecule has 2 aliphatic heterocycles. The van der Waals surface area contributed by atoms with Gasteiger partial charge in [-0.05, 0) is 43.4 Å². The van der Waals surface area contributed by atoms with Gasteiger partial charge in [-0.15, -0.1) is 0 Å². The molecule has 136 valence electrons. The van der Waals surface area contributed by atoms with Crippen LogP contribution in [0.5, 0.6) is 5.75 Å². The predicted octanol–water partition coefficient (Wildman–Crippen LogP) is 1.05. The highest BCUT2D eigenvalue weighted by molar-refractivity contribution is 5.93. The zero-order valence-corrected chi connectivity index (χ0v) is 14.1. The van der Waals surface area contributed by atoms with Crippen LogP contribution in [0, 0.1) is 5.82 Å². The summed E-state index contributed by atoms with van der Waals surface area (Å²) in [7, 11) is 0. The van der Waals surface area contributed by atoms with Gasteiger partial charge in [-0.2, -0.15) is 0 Å². The Kier molecular flexibility index (Phi) is 4.94. The van der Waals surface area contributed by atoms with Crippen LogP contribution in [0.1, 0.15) is 31.2 Å². The van der Waals surface area contributed by atoms with Gasteiger partial charge in [-0.1, -0.05) is 6.07 Å². The molecule has 1 atom stereocenters. The number of hydrogen-bond acceptors (Lipinski definition) is 4. The van der Waals surface area contributed by atoms with Crippen LogP contribution < -0.4 is 0 Å². The highest BCUT2D eigenvalue weighted by Gasteiger charge is 2.52. The molecular formula is C18H23FN2O4. The van der Waals surface area contributed by atoms with E-state index in [1.807, 2.05) is 0 Å². The first-order valence-corrected chi connectivity index (χ1v) is 8.66. The van der Waals surface area contributed by atoms with E-state index in [0.717, 1.165) is 18.9 Å². The largest absolute Gasteiger partial charge is 0.505 e. The van der Waals surface area contributed by atoms with E-state index in [9.17, 15) is 19.1 Å². The third kappa shape index (κ3) is 3.20. The second-order valence-electron chi connectivity index (χ2n) is 6.76. The number of phenolic OH excluding ortho intramolecular Hbond substituents is 1. The first kappa shape index (κ1) is 17.7. The first-order chi connectivity index (χ1) is 12.0. The minimum absolute atomic E-state index is 0.00771. The summed E-state index contributed by atoms with van der Waals surface area (Å²) >= 11 is 0. The van der Waals surface area contributed by atoms with Crippen LogP contribution in [0.25, 0.3) is 0 Å². The molecule has 1 aromatic carbocycles. The average Bonchev–Trinajstić information content (AvgIpc) is 3.00. The molecule has 2 aliphatic rings. The third-order valence-corrected chi connectivity index (χ3v) is 5.23. The maximum Gasteiger partial charge on any atom is 0.248 e. The molecule has 0 aromatic heterocycles. The van der Waals surface area contributed by atoms with Crippen LogP contribution in [0.4, 0.5) is 4.39 Å². The number of carbonyl (C=O) groups excluding carboxylic acids is 2. The molecule has 1 aromatic rings. The van der Waals surface area contributed by atoms with Crippen molar-refractivity contribution in [2.75, 3.05) is 26.2 Å². The number of likely N-dealkylation sites (tertiary alicyclic amines) is 2. The Morgan fingerprint density at radius 3 is 2.64 bits per heavy atom. The lowest BCUT2D eigenvalue weighted by atomic mass is 9.85. The molecule has 6 nitrogen and oxygen atoms in total. The van der Waals surface area contributed by atoms with E-state index >= 15 is 0 Å². The van der Waals surface area contributed by atoms with E-state index in [0.29, 0.717) is 31.5 Å². The number of hydrogen-bond donors (Lipinski definition) is 2. The zero-order valence-electron chi connectivity index (χ0n) is 14.1. The number of amides is 2. The van der Waals surface area contributed by atoms with E-state index in [1.165, 1.54) is 12.1 Å². The lowest BCUT2D eigenvalue weighted by Crippen LogP contribution is -2.61. The van der Waals surface area contributed by atoms with E-state index in [1.54, 1.807) is 9.80 Å². The Morgan fingerprint density at radius 2 is 1.96 bits per heavy atom. The number of phenols is 1. The number of aliphatic hydroxyl groups excluding tert-OH is 1. The maximum atomic E-state index is 13.5. The van der Waals surface area contributed by atoms with E-state index in [4.69, 9.17) is 5.11 Å². The molecule has 1 unspecified atom stereocenters. The fraction of sp³-hybridized carbons (Fsp3) is 0.556. The standard InChI is InChI=1S/C18H23FN2O4/c19-14-11-13(3-4-15(14)23)12-16(24)21-8-2-6-18(21)5-1-7-20(9-10-22)17(18)25/h3-4,11,22-23H,1-2,5-10,12H2. The number of aromatic hydroxyl groups is 1. The summed E-state index contributed by atoms with van der Waals surface area (Å²) in [5.74, 6) is -1.50. The Hall–Kier alpha value is -2.15. The molecule has 0 saturated carbocycles. The molecule has 1 spiro atoms. The number of nitrogens with zero attached hydrogens (tertiary/aromatic N) is 2. The molecule has 2 fully saturated rings. The van der Waals surface area contributed by atoms with Gasteiger partial charge >= 0.3 is 0 Å². The van der Waals surface area contributed by atoms with Crippen molar-refractivity contribution >= 4 is 11.8 Å². The number of rotatable bonds is 4. The summed E-state index contributed by atoms with van der Waals surface area (Å²) in [6, 6.07) is 3.89. The van der Waals surface area contributed by atoms with Crippen molar-refractivity contribution in [2.24, 2.45) is 0 Å². The number of halogens is 1. The Balaban J connectivity index is 1.79. The van der Waals surface area contributed by atoms with Gasteiger partial charge in [0.25, 0.3) is 0 Å². The van der Waals surface area contributed by atoms with E-state index in [2.05, 4.69) is 0 Å². The highest BCUT2D eigenvalue weighted by Crippen LogP contribution is 2.38. The molecule has 0 aliphatic carbocycles. The van der Waals surface area contributed by atoms with Crippen molar-refractivity contribution in [1.29, 1.82) is 0 Å². The van der Waals surface area contributed by atoms with Crippen molar-refractivity contribution in [1.82, 2.24) is 9.80 Å². The van der Waals surface area contributed by atoms with Gasteiger partial charge in [0.1, 0.15) is 5.54 Å². The van der Waals surface area contributed by atoms with Crippen LogP contribution in [-0.2, 0) is 16.0 Å². The lowest BCUT2D eigenvalue weighted by molar-refractivity contribution is -0.155. The summed E-state index contributed by atoms with van der Waals surface area (Å²) in [5, 5.41) is 18.4. The minimum Gasteiger partial charge on any atom is -0.505 e. The zero-order chi connectivity index (χ0) is 18.0. The second-order valence-corrected chi connectivity index (χ2v) is 6.76. The molecule has 2 saturated heterocycles. The van der Waals surface area contributed by atoms with Gasteiger partial charge in [-0.25, -0.2) is 4.39 Å². The Labute approximate surface area is 145 Å². The Morgan fingerprint density at radius 1 is 1.24 bits per heavy atom. The summed E-state index contributed by atoms with van der Waals surface area (Å²) in [6.45, 7) is 1.30. The molecule has 7 heteroatoms. The molecule has 3 rings (SSSR count). The molecule has 0 radical (unpaired) electrons. The average molecular weight is 350 g/mol. The highest BCUT2D eigenvalue weighted by atomic mass is 19.1. The van der Waals surface area contributed by atoms with Gasteiger partial charge in [0, 0.05) is 19.6 Å². The van der Waals surface area contributed by atoms with Crippen molar-refractivity contribution < 1.29 is 24.2 Å². The molecule has 2 heterocycles. The summed E-state index contributed by atoms with van der Waals surface area (Å²) in [5.41, 5.74) is -0.349. The fourth-order valence-corrected chi connectivity index (χ4v) is 4.05. The SMILES string of the molecule is O=C(Cc1ccc(O)c(F)c1)N1CCCC12CCCN(CCO)C2=O. The van der Waals surface area contributed by atoms with Crippen LogP contribution in [-0.4, -0.2) is 63.6 Å². The number of benzene rings is 1. The van der Waals surface area contributed by atoms with Crippen LogP contribution >= 0.6 is 0 Å². The van der Waals surface area contributed by atoms with Gasteiger partial charge in [0.2, 0.25) is 11.8 Å². The number of aliphatic hydroxyl groups is 1. The predicted molar refractivity (Wildman–Crippen MR) is 88.3 cm³/mol. The normalized spacial score (nSPS) is 23.5. The van der Waals surface area contributed by atoms with Crippen molar-refractivity contribution in [3.05, 3.63) is 29.6 Å². The topological polar surface area (TPSA) is 81.1 Å². The van der Waals surface area contributed by atoms with Crippen LogP contribution in [0.2, 0.25) is 0 Å².